The normalized spacial score (nSPS) is 10.8. The van der Waals surface area contributed by atoms with Crippen LogP contribution in [0.5, 0.6) is 0 Å². The average Bonchev–Trinajstić information content (AvgIpc) is 2.87. The van der Waals surface area contributed by atoms with Crippen molar-refractivity contribution >= 4 is 11.8 Å². The molecule has 2 aromatic rings. The lowest BCUT2D eigenvalue weighted by Gasteiger charge is -2.09. The fourth-order valence-electron chi connectivity index (χ4n) is 2.57. The van der Waals surface area contributed by atoms with Crippen LogP contribution in [0.3, 0.4) is 0 Å². The Morgan fingerprint density at radius 1 is 1.08 bits per heavy atom. The Morgan fingerprint density at radius 2 is 1.72 bits per heavy atom. The van der Waals surface area contributed by atoms with Crippen LogP contribution in [-0.4, -0.2) is 34.7 Å². The van der Waals surface area contributed by atoms with Gasteiger partial charge in [-0.25, -0.2) is 4.68 Å². The van der Waals surface area contributed by atoms with E-state index in [1.54, 1.807) is 0 Å². The Labute approximate surface area is 148 Å². The van der Waals surface area contributed by atoms with Crippen LogP contribution >= 0.6 is 0 Å². The first-order chi connectivity index (χ1) is 11.9. The Morgan fingerprint density at radius 3 is 2.36 bits per heavy atom. The highest BCUT2D eigenvalue weighted by molar-refractivity contribution is 5.79. The molecule has 2 N–H and O–H groups in total. The van der Waals surface area contributed by atoms with E-state index in [9.17, 15) is 9.59 Å². The van der Waals surface area contributed by atoms with Crippen molar-refractivity contribution in [3.05, 3.63) is 47.3 Å². The lowest BCUT2D eigenvalue weighted by molar-refractivity contribution is -0.124. The molecule has 0 aliphatic carbocycles. The quantitative estimate of drug-likeness (QED) is 0.755. The van der Waals surface area contributed by atoms with Crippen LogP contribution in [0.4, 0.5) is 0 Å². The summed E-state index contributed by atoms with van der Waals surface area (Å²) >= 11 is 0. The van der Waals surface area contributed by atoms with Crippen LogP contribution in [0.25, 0.3) is 5.69 Å². The molecule has 0 radical (unpaired) electrons. The summed E-state index contributed by atoms with van der Waals surface area (Å²) in [7, 11) is 0. The molecule has 134 valence electrons. The van der Waals surface area contributed by atoms with Gasteiger partial charge in [0.2, 0.25) is 11.8 Å². The molecule has 0 saturated carbocycles. The maximum Gasteiger partial charge on any atom is 0.224 e. The molecule has 0 aliphatic heterocycles. The van der Waals surface area contributed by atoms with E-state index in [0.29, 0.717) is 13.1 Å². The van der Waals surface area contributed by atoms with E-state index in [2.05, 4.69) is 15.7 Å². The van der Waals surface area contributed by atoms with Gasteiger partial charge in [0.25, 0.3) is 0 Å². The van der Waals surface area contributed by atoms with Crippen LogP contribution < -0.4 is 10.6 Å². The zero-order valence-corrected chi connectivity index (χ0v) is 15.3. The number of nitrogens with one attached hydrogen (secondary N) is 2. The Kier molecular flexibility index (Phi) is 6.33. The summed E-state index contributed by atoms with van der Waals surface area (Å²) in [6.07, 6.45) is 0.280. The Balaban J connectivity index is 1.93. The number of hydrogen-bond donors (Lipinski definition) is 2. The molecule has 0 bridgehead atoms. The maximum absolute atomic E-state index is 12.2. The number of rotatable bonds is 7. The SMILES string of the molecule is Cc1nn(-c2ccccc2)c(C)c1CC(=O)NCCNC(=O)C(C)C. The van der Waals surface area contributed by atoms with E-state index >= 15 is 0 Å². The lowest BCUT2D eigenvalue weighted by Crippen LogP contribution is -2.37. The van der Waals surface area contributed by atoms with Crippen LogP contribution in [0.1, 0.15) is 30.8 Å². The van der Waals surface area contributed by atoms with Crippen molar-refractivity contribution < 1.29 is 9.59 Å². The highest BCUT2D eigenvalue weighted by Crippen LogP contribution is 2.18. The molecule has 1 aromatic heterocycles. The fraction of sp³-hybridized carbons (Fsp3) is 0.421. The minimum atomic E-state index is -0.0717. The highest BCUT2D eigenvalue weighted by atomic mass is 16.2. The molecule has 6 nitrogen and oxygen atoms in total. The van der Waals surface area contributed by atoms with E-state index in [0.717, 1.165) is 22.6 Å². The third-order valence-electron chi connectivity index (χ3n) is 4.05. The van der Waals surface area contributed by atoms with Gasteiger partial charge < -0.3 is 10.6 Å². The third kappa shape index (κ3) is 4.92. The summed E-state index contributed by atoms with van der Waals surface area (Å²) in [5, 5.41) is 10.2. The van der Waals surface area contributed by atoms with Gasteiger partial charge in [0.1, 0.15) is 0 Å². The summed E-state index contributed by atoms with van der Waals surface area (Å²) in [4.78, 5) is 23.7. The van der Waals surface area contributed by atoms with Gasteiger partial charge in [0.15, 0.2) is 0 Å². The van der Waals surface area contributed by atoms with Crippen molar-refractivity contribution in [3.8, 4) is 5.69 Å². The van der Waals surface area contributed by atoms with Crippen molar-refractivity contribution in [2.75, 3.05) is 13.1 Å². The molecular weight excluding hydrogens is 316 g/mol. The van der Waals surface area contributed by atoms with E-state index in [1.165, 1.54) is 0 Å². The molecule has 0 aliphatic rings. The average molecular weight is 342 g/mol. The molecule has 0 atom stereocenters. The topological polar surface area (TPSA) is 76.0 Å². The number of carbonyl (C=O) groups is 2. The molecule has 0 fully saturated rings. The number of carbonyl (C=O) groups excluding carboxylic acids is 2. The predicted molar refractivity (Wildman–Crippen MR) is 97.6 cm³/mol. The first-order valence-electron chi connectivity index (χ1n) is 8.55. The largest absolute Gasteiger partial charge is 0.354 e. The van der Waals surface area contributed by atoms with E-state index in [-0.39, 0.29) is 24.2 Å². The van der Waals surface area contributed by atoms with Gasteiger partial charge in [0, 0.05) is 30.3 Å². The van der Waals surface area contributed by atoms with Crippen molar-refractivity contribution in [1.29, 1.82) is 0 Å². The Bertz CT molecular complexity index is 735. The highest BCUT2D eigenvalue weighted by Gasteiger charge is 2.15. The fourth-order valence-corrected chi connectivity index (χ4v) is 2.57. The van der Waals surface area contributed by atoms with Gasteiger partial charge in [-0.2, -0.15) is 5.10 Å². The molecule has 2 amide bonds. The van der Waals surface area contributed by atoms with Gasteiger partial charge in [-0.05, 0) is 26.0 Å². The monoisotopic (exact) mass is 342 g/mol. The standard InChI is InChI=1S/C19H26N4O2/c1-13(2)19(25)21-11-10-20-18(24)12-17-14(3)22-23(15(17)4)16-8-6-5-7-9-16/h5-9,13H,10-12H2,1-4H3,(H,20,24)(H,21,25). The van der Waals surface area contributed by atoms with Crippen molar-refractivity contribution in [2.24, 2.45) is 5.92 Å². The van der Waals surface area contributed by atoms with Crippen LogP contribution in [0.15, 0.2) is 30.3 Å². The van der Waals surface area contributed by atoms with Crippen molar-refractivity contribution in [1.82, 2.24) is 20.4 Å². The zero-order chi connectivity index (χ0) is 18.4. The Hall–Kier alpha value is -2.63. The lowest BCUT2D eigenvalue weighted by atomic mass is 10.1. The number of nitrogens with zero attached hydrogens (tertiary/aromatic N) is 2. The predicted octanol–water partition coefficient (Wildman–Crippen LogP) is 1.92. The van der Waals surface area contributed by atoms with E-state index in [4.69, 9.17) is 0 Å². The molecule has 1 aromatic carbocycles. The number of benzene rings is 1. The van der Waals surface area contributed by atoms with Crippen LogP contribution in [-0.2, 0) is 16.0 Å². The molecular formula is C19H26N4O2. The molecule has 6 heteroatoms. The summed E-state index contributed by atoms with van der Waals surface area (Å²) in [5.41, 5.74) is 3.73. The zero-order valence-electron chi connectivity index (χ0n) is 15.3. The van der Waals surface area contributed by atoms with Crippen molar-refractivity contribution in [3.63, 3.8) is 0 Å². The second kappa shape index (κ2) is 8.46. The number of aryl methyl sites for hydroxylation is 1. The molecule has 0 spiro atoms. The smallest absolute Gasteiger partial charge is 0.224 e. The molecule has 2 rings (SSSR count). The summed E-state index contributed by atoms with van der Waals surface area (Å²) in [6, 6.07) is 9.86. The van der Waals surface area contributed by atoms with Crippen LogP contribution in [0.2, 0.25) is 0 Å². The van der Waals surface area contributed by atoms with Gasteiger partial charge in [0.05, 0.1) is 17.8 Å². The van der Waals surface area contributed by atoms with Crippen LogP contribution in [0, 0.1) is 19.8 Å². The summed E-state index contributed by atoms with van der Waals surface area (Å²) < 4.78 is 1.86. The number of para-hydroxylation sites is 1. The second-order valence-corrected chi connectivity index (χ2v) is 6.37. The third-order valence-corrected chi connectivity index (χ3v) is 4.05. The van der Waals surface area contributed by atoms with E-state index < -0.39 is 0 Å². The number of amides is 2. The molecule has 0 unspecified atom stereocenters. The van der Waals surface area contributed by atoms with Gasteiger partial charge in [-0.1, -0.05) is 32.0 Å². The second-order valence-electron chi connectivity index (χ2n) is 6.37. The van der Waals surface area contributed by atoms with Gasteiger partial charge >= 0.3 is 0 Å². The minimum absolute atomic E-state index is 0.00919. The summed E-state index contributed by atoms with van der Waals surface area (Å²) in [5.74, 6) is -0.132. The number of hydrogen-bond acceptors (Lipinski definition) is 3. The minimum Gasteiger partial charge on any atom is -0.354 e. The van der Waals surface area contributed by atoms with E-state index in [1.807, 2.05) is 62.7 Å². The first-order valence-corrected chi connectivity index (χ1v) is 8.55. The molecule has 0 saturated heterocycles. The molecule has 1 heterocycles. The first kappa shape index (κ1) is 18.7. The van der Waals surface area contributed by atoms with Gasteiger partial charge in [-0.3, -0.25) is 9.59 Å². The van der Waals surface area contributed by atoms with Crippen molar-refractivity contribution in [2.45, 2.75) is 34.1 Å². The number of aromatic nitrogens is 2. The maximum atomic E-state index is 12.2. The summed E-state index contributed by atoms with van der Waals surface area (Å²) in [6.45, 7) is 8.41. The van der Waals surface area contributed by atoms with Gasteiger partial charge in [-0.15, -0.1) is 0 Å². The molecule has 25 heavy (non-hydrogen) atoms.